The minimum Gasteiger partial charge on any atom is -0.377 e. The molecule has 128 valence electrons. The lowest BCUT2D eigenvalue weighted by Crippen LogP contribution is -2.39. The smallest absolute Gasteiger partial charge is 0.272 e. The highest BCUT2D eigenvalue weighted by atomic mass is 16.5. The summed E-state index contributed by atoms with van der Waals surface area (Å²) in [5.74, 6) is 1.57. The summed E-state index contributed by atoms with van der Waals surface area (Å²) in [6, 6.07) is 5.46. The zero-order valence-corrected chi connectivity index (χ0v) is 14.3. The van der Waals surface area contributed by atoms with Crippen LogP contribution in [-0.4, -0.2) is 45.5 Å². The SMILES string of the molecule is COCc1ncc(C)n1CC1CCN(C(=O)c2ccccn2)CC1. The number of carbonyl (C=O) groups is 1. The van der Waals surface area contributed by atoms with Gasteiger partial charge in [-0.25, -0.2) is 4.98 Å². The van der Waals surface area contributed by atoms with E-state index in [9.17, 15) is 4.79 Å². The van der Waals surface area contributed by atoms with Crippen molar-refractivity contribution in [3.8, 4) is 0 Å². The van der Waals surface area contributed by atoms with Crippen LogP contribution in [0.25, 0.3) is 0 Å². The van der Waals surface area contributed by atoms with Crippen molar-refractivity contribution in [2.45, 2.75) is 32.9 Å². The van der Waals surface area contributed by atoms with E-state index in [1.807, 2.05) is 23.2 Å². The Morgan fingerprint density at radius 3 is 2.75 bits per heavy atom. The number of rotatable bonds is 5. The molecule has 0 aromatic carbocycles. The number of aryl methyl sites for hydroxylation is 1. The van der Waals surface area contributed by atoms with Crippen molar-refractivity contribution in [1.82, 2.24) is 19.4 Å². The number of amides is 1. The summed E-state index contributed by atoms with van der Waals surface area (Å²) >= 11 is 0. The second-order valence-electron chi connectivity index (χ2n) is 6.31. The molecule has 24 heavy (non-hydrogen) atoms. The fraction of sp³-hybridized carbons (Fsp3) is 0.500. The predicted molar refractivity (Wildman–Crippen MR) is 90.5 cm³/mol. The monoisotopic (exact) mass is 328 g/mol. The molecule has 0 unspecified atom stereocenters. The molecule has 1 aliphatic rings. The first-order valence-corrected chi connectivity index (χ1v) is 8.39. The van der Waals surface area contributed by atoms with Gasteiger partial charge in [-0.05, 0) is 37.8 Å². The highest BCUT2D eigenvalue weighted by Crippen LogP contribution is 2.22. The number of likely N-dealkylation sites (tertiary alicyclic amines) is 1. The molecule has 1 aliphatic heterocycles. The van der Waals surface area contributed by atoms with E-state index >= 15 is 0 Å². The summed E-state index contributed by atoms with van der Waals surface area (Å²) in [6.07, 6.45) is 5.57. The molecule has 0 aliphatic carbocycles. The molecule has 0 saturated carbocycles. The van der Waals surface area contributed by atoms with Crippen molar-refractivity contribution in [3.05, 3.63) is 47.8 Å². The number of methoxy groups -OCH3 is 1. The van der Waals surface area contributed by atoms with Gasteiger partial charge in [-0.3, -0.25) is 9.78 Å². The first kappa shape index (κ1) is 16.6. The van der Waals surface area contributed by atoms with Gasteiger partial charge in [-0.15, -0.1) is 0 Å². The number of pyridine rings is 1. The molecule has 6 heteroatoms. The zero-order chi connectivity index (χ0) is 16.9. The summed E-state index contributed by atoms with van der Waals surface area (Å²) in [7, 11) is 1.69. The molecule has 2 aromatic rings. The summed E-state index contributed by atoms with van der Waals surface area (Å²) in [6.45, 7) is 5.12. The molecule has 0 radical (unpaired) electrons. The fourth-order valence-electron chi connectivity index (χ4n) is 3.23. The molecule has 3 heterocycles. The Hall–Kier alpha value is -2.21. The van der Waals surface area contributed by atoms with Crippen LogP contribution in [0.4, 0.5) is 0 Å². The van der Waals surface area contributed by atoms with Gasteiger partial charge in [0, 0.05) is 44.8 Å². The van der Waals surface area contributed by atoms with Gasteiger partial charge in [0.25, 0.3) is 5.91 Å². The van der Waals surface area contributed by atoms with Crippen LogP contribution in [-0.2, 0) is 17.9 Å². The molecule has 3 rings (SSSR count). The van der Waals surface area contributed by atoms with Crippen LogP contribution < -0.4 is 0 Å². The molecule has 1 fully saturated rings. The van der Waals surface area contributed by atoms with Crippen LogP contribution >= 0.6 is 0 Å². The Balaban J connectivity index is 1.58. The van der Waals surface area contributed by atoms with Crippen molar-refractivity contribution in [2.75, 3.05) is 20.2 Å². The Morgan fingerprint density at radius 1 is 1.29 bits per heavy atom. The van der Waals surface area contributed by atoms with Gasteiger partial charge in [-0.2, -0.15) is 0 Å². The summed E-state index contributed by atoms with van der Waals surface area (Å²) < 4.78 is 7.47. The number of hydrogen-bond acceptors (Lipinski definition) is 4. The van der Waals surface area contributed by atoms with Crippen molar-refractivity contribution in [3.63, 3.8) is 0 Å². The first-order chi connectivity index (χ1) is 11.7. The fourth-order valence-corrected chi connectivity index (χ4v) is 3.23. The molecule has 2 aromatic heterocycles. The topological polar surface area (TPSA) is 60.2 Å². The van der Waals surface area contributed by atoms with Crippen LogP contribution in [0, 0.1) is 12.8 Å². The van der Waals surface area contributed by atoms with Gasteiger partial charge >= 0.3 is 0 Å². The summed E-state index contributed by atoms with van der Waals surface area (Å²) in [5, 5.41) is 0. The molecule has 0 spiro atoms. The van der Waals surface area contributed by atoms with E-state index < -0.39 is 0 Å². The van der Waals surface area contributed by atoms with Gasteiger partial charge in [0.05, 0.1) is 0 Å². The van der Waals surface area contributed by atoms with Crippen LogP contribution in [0.15, 0.2) is 30.6 Å². The number of carbonyl (C=O) groups excluding carboxylic acids is 1. The zero-order valence-electron chi connectivity index (χ0n) is 14.3. The molecular weight excluding hydrogens is 304 g/mol. The summed E-state index contributed by atoms with van der Waals surface area (Å²) in [4.78, 5) is 22.9. The van der Waals surface area contributed by atoms with E-state index in [1.54, 1.807) is 19.4 Å². The standard InChI is InChI=1S/C18H24N4O2/c1-14-11-20-17(13-24-2)22(14)12-15-6-9-21(10-7-15)18(23)16-5-3-4-8-19-16/h3-5,8,11,15H,6-7,9-10,12-13H2,1-2H3. The Bertz CT molecular complexity index is 676. The van der Waals surface area contributed by atoms with E-state index in [4.69, 9.17) is 4.74 Å². The molecule has 0 atom stereocenters. The second-order valence-corrected chi connectivity index (χ2v) is 6.31. The van der Waals surface area contributed by atoms with Crippen LogP contribution in [0.1, 0.15) is 34.8 Å². The molecule has 1 saturated heterocycles. The maximum Gasteiger partial charge on any atom is 0.272 e. The highest BCUT2D eigenvalue weighted by molar-refractivity contribution is 5.92. The Morgan fingerprint density at radius 2 is 2.08 bits per heavy atom. The number of ether oxygens (including phenoxy) is 1. The average molecular weight is 328 g/mol. The number of aromatic nitrogens is 3. The van der Waals surface area contributed by atoms with E-state index in [0.29, 0.717) is 18.2 Å². The first-order valence-electron chi connectivity index (χ1n) is 8.39. The van der Waals surface area contributed by atoms with E-state index in [2.05, 4.69) is 21.5 Å². The lowest BCUT2D eigenvalue weighted by atomic mass is 9.96. The molecule has 0 bridgehead atoms. The van der Waals surface area contributed by atoms with Crippen molar-refractivity contribution in [1.29, 1.82) is 0 Å². The van der Waals surface area contributed by atoms with Crippen molar-refractivity contribution in [2.24, 2.45) is 5.92 Å². The second kappa shape index (κ2) is 7.57. The third-order valence-electron chi connectivity index (χ3n) is 4.64. The maximum absolute atomic E-state index is 12.4. The summed E-state index contributed by atoms with van der Waals surface area (Å²) in [5.41, 5.74) is 1.69. The highest BCUT2D eigenvalue weighted by Gasteiger charge is 2.25. The van der Waals surface area contributed by atoms with Crippen LogP contribution in [0.2, 0.25) is 0 Å². The van der Waals surface area contributed by atoms with Gasteiger partial charge in [-0.1, -0.05) is 6.07 Å². The van der Waals surface area contributed by atoms with Gasteiger partial charge < -0.3 is 14.2 Å². The van der Waals surface area contributed by atoms with Gasteiger partial charge in [0.2, 0.25) is 0 Å². The van der Waals surface area contributed by atoms with Crippen molar-refractivity contribution >= 4 is 5.91 Å². The maximum atomic E-state index is 12.4. The molecule has 6 nitrogen and oxygen atoms in total. The minimum absolute atomic E-state index is 0.0351. The number of piperidine rings is 1. The predicted octanol–water partition coefficient (Wildman–Crippen LogP) is 2.29. The minimum atomic E-state index is 0.0351. The molecule has 1 amide bonds. The van der Waals surface area contributed by atoms with E-state index in [1.165, 1.54) is 0 Å². The lowest BCUT2D eigenvalue weighted by molar-refractivity contribution is 0.0675. The number of imidazole rings is 1. The third-order valence-corrected chi connectivity index (χ3v) is 4.64. The number of nitrogens with zero attached hydrogens (tertiary/aromatic N) is 4. The average Bonchev–Trinajstić information content (AvgIpc) is 2.96. The Labute approximate surface area is 142 Å². The number of hydrogen-bond donors (Lipinski definition) is 0. The largest absolute Gasteiger partial charge is 0.377 e. The van der Waals surface area contributed by atoms with Gasteiger partial charge in [0.1, 0.15) is 18.1 Å². The van der Waals surface area contributed by atoms with Crippen molar-refractivity contribution < 1.29 is 9.53 Å². The van der Waals surface area contributed by atoms with E-state index in [0.717, 1.165) is 44.0 Å². The quantitative estimate of drug-likeness (QED) is 0.845. The lowest BCUT2D eigenvalue weighted by Gasteiger charge is -2.32. The third kappa shape index (κ3) is 3.64. The van der Waals surface area contributed by atoms with Gasteiger partial charge in [0.15, 0.2) is 0 Å². The van der Waals surface area contributed by atoms with Crippen LogP contribution in [0.3, 0.4) is 0 Å². The molecule has 0 N–H and O–H groups in total. The van der Waals surface area contributed by atoms with Crippen LogP contribution in [0.5, 0.6) is 0 Å². The normalized spacial score (nSPS) is 15.7. The Kier molecular flexibility index (Phi) is 5.25. The van der Waals surface area contributed by atoms with E-state index in [-0.39, 0.29) is 5.91 Å². The molecular formula is C18H24N4O2.